The van der Waals surface area contributed by atoms with Gasteiger partial charge in [0.1, 0.15) is 0 Å². The molecule has 0 bridgehead atoms. The number of alkyl halides is 1. The van der Waals surface area contributed by atoms with Crippen LogP contribution in [0.1, 0.15) is 34.1 Å². The Morgan fingerprint density at radius 3 is 2.29 bits per heavy atom. The lowest BCUT2D eigenvalue weighted by molar-refractivity contribution is 0.0821. The van der Waals surface area contributed by atoms with Gasteiger partial charge in [-0.15, -0.1) is 0 Å². The highest BCUT2D eigenvalue weighted by atomic mass is 127. The van der Waals surface area contributed by atoms with Gasteiger partial charge in [0.25, 0.3) is 0 Å². The van der Waals surface area contributed by atoms with Gasteiger partial charge in [0.2, 0.25) is 0 Å². The van der Waals surface area contributed by atoms with Crippen LogP contribution in [-0.2, 0) is 4.74 Å². The molecule has 84 valence electrons. The van der Waals surface area contributed by atoms with Crippen LogP contribution < -0.4 is 0 Å². The summed E-state index contributed by atoms with van der Waals surface area (Å²) in [6.07, 6.45) is 0.790. The maximum Gasteiger partial charge on any atom is 0.410 e. The van der Waals surface area contributed by atoms with Crippen molar-refractivity contribution in [1.82, 2.24) is 4.90 Å². The van der Waals surface area contributed by atoms with Gasteiger partial charge < -0.3 is 4.74 Å². The van der Waals surface area contributed by atoms with E-state index in [2.05, 4.69) is 36.4 Å². The fraction of sp³-hybridized carbons (Fsp3) is 0.900. The normalized spacial score (nSPS) is 10.8. The number of nitrogens with zero attached hydrogens (tertiary/aromatic N) is 1. The van der Waals surface area contributed by atoms with E-state index in [1.165, 1.54) is 0 Å². The highest BCUT2D eigenvalue weighted by molar-refractivity contribution is 14.1. The number of amides is 1. The van der Waals surface area contributed by atoms with E-state index in [0.717, 1.165) is 13.0 Å². The molecule has 0 spiro atoms. The molecule has 0 aromatic rings. The molecule has 0 saturated carbocycles. The number of ether oxygens (including phenoxy) is 1. The van der Waals surface area contributed by atoms with E-state index in [1.807, 2.05) is 13.8 Å². The van der Waals surface area contributed by atoms with Crippen molar-refractivity contribution in [1.29, 1.82) is 0 Å². The topological polar surface area (TPSA) is 29.5 Å². The number of hydrogen-bond donors (Lipinski definition) is 0. The van der Waals surface area contributed by atoms with E-state index in [9.17, 15) is 4.79 Å². The van der Waals surface area contributed by atoms with Crippen LogP contribution in [0.25, 0.3) is 0 Å². The average molecular weight is 313 g/mol. The summed E-state index contributed by atoms with van der Waals surface area (Å²) in [6.45, 7) is 8.82. The zero-order valence-corrected chi connectivity index (χ0v) is 11.6. The van der Waals surface area contributed by atoms with Gasteiger partial charge in [-0.2, -0.15) is 0 Å². The zero-order chi connectivity index (χ0) is 11.1. The Kier molecular flexibility index (Phi) is 7.31. The Bertz CT molecular complexity index is 172. The summed E-state index contributed by atoms with van der Waals surface area (Å²) in [5, 5.41) is 0. The molecular weight excluding hydrogens is 293 g/mol. The summed E-state index contributed by atoms with van der Waals surface area (Å²) in [5.74, 6) is 0.618. The molecule has 0 aliphatic carbocycles. The maximum atomic E-state index is 11.5. The van der Waals surface area contributed by atoms with Crippen LogP contribution in [0.5, 0.6) is 0 Å². The molecule has 0 saturated heterocycles. The van der Waals surface area contributed by atoms with Crippen molar-refractivity contribution in [3.05, 3.63) is 0 Å². The number of hydrogen-bond acceptors (Lipinski definition) is 2. The van der Waals surface area contributed by atoms with Gasteiger partial charge in [0.15, 0.2) is 0 Å². The van der Waals surface area contributed by atoms with Crippen molar-refractivity contribution in [3.63, 3.8) is 0 Å². The second kappa shape index (κ2) is 7.31. The van der Waals surface area contributed by atoms with Crippen LogP contribution in [0.15, 0.2) is 0 Å². The fourth-order valence-electron chi connectivity index (χ4n) is 0.890. The van der Waals surface area contributed by atoms with Crippen molar-refractivity contribution >= 4 is 28.7 Å². The fourth-order valence-corrected chi connectivity index (χ4v) is 1.51. The Morgan fingerprint density at radius 1 is 1.36 bits per heavy atom. The van der Waals surface area contributed by atoms with Gasteiger partial charge in [-0.3, -0.25) is 4.90 Å². The number of carbonyl (C=O) groups excluding carboxylic acids is 1. The first-order chi connectivity index (χ1) is 6.47. The molecule has 0 aliphatic rings. The standard InChI is InChI=1S/C10H20INO2/c1-8(2)5-6-12(7-11)10(13)14-9(3)4/h8-9H,5-7H2,1-4H3. The quantitative estimate of drug-likeness (QED) is 0.443. The van der Waals surface area contributed by atoms with Crippen LogP contribution in [-0.4, -0.2) is 28.2 Å². The SMILES string of the molecule is CC(C)CCN(CI)C(=O)OC(C)C. The predicted octanol–water partition coefficient (Wildman–Crippen LogP) is 3.27. The van der Waals surface area contributed by atoms with Crippen molar-refractivity contribution in [2.75, 3.05) is 11.1 Å². The summed E-state index contributed by atoms with van der Waals surface area (Å²) in [7, 11) is 0. The lowest BCUT2D eigenvalue weighted by Gasteiger charge is -2.21. The van der Waals surface area contributed by atoms with E-state index in [1.54, 1.807) is 4.90 Å². The molecule has 0 aromatic heterocycles. The van der Waals surface area contributed by atoms with Crippen LogP contribution in [0.3, 0.4) is 0 Å². The van der Waals surface area contributed by atoms with Crippen LogP contribution >= 0.6 is 22.6 Å². The van der Waals surface area contributed by atoms with E-state index >= 15 is 0 Å². The summed E-state index contributed by atoms with van der Waals surface area (Å²) in [5.41, 5.74) is 0. The molecule has 1 amide bonds. The Hall–Kier alpha value is 0. The van der Waals surface area contributed by atoms with Crippen LogP contribution in [0.2, 0.25) is 0 Å². The van der Waals surface area contributed by atoms with Crippen molar-refractivity contribution < 1.29 is 9.53 Å². The number of rotatable bonds is 5. The first kappa shape index (κ1) is 14.0. The summed E-state index contributed by atoms with van der Waals surface area (Å²) >= 11 is 2.18. The van der Waals surface area contributed by atoms with Gasteiger partial charge in [-0.05, 0) is 26.2 Å². The first-order valence-corrected chi connectivity index (χ1v) is 6.51. The van der Waals surface area contributed by atoms with Gasteiger partial charge in [0, 0.05) is 6.54 Å². The Balaban J connectivity index is 3.93. The number of carbonyl (C=O) groups is 1. The third-order valence-corrected chi connectivity index (χ3v) is 2.54. The largest absolute Gasteiger partial charge is 0.447 e. The third kappa shape index (κ3) is 6.45. The van der Waals surface area contributed by atoms with Crippen molar-refractivity contribution in [2.24, 2.45) is 5.92 Å². The molecule has 0 unspecified atom stereocenters. The first-order valence-electron chi connectivity index (χ1n) is 4.98. The average Bonchev–Trinajstić information content (AvgIpc) is 2.03. The van der Waals surface area contributed by atoms with E-state index in [-0.39, 0.29) is 12.2 Å². The lowest BCUT2D eigenvalue weighted by Crippen LogP contribution is -2.33. The second-order valence-corrected chi connectivity index (χ2v) is 4.68. The van der Waals surface area contributed by atoms with Gasteiger partial charge in [-0.25, -0.2) is 4.79 Å². The molecule has 0 atom stereocenters. The van der Waals surface area contributed by atoms with Gasteiger partial charge in [-0.1, -0.05) is 36.4 Å². The molecule has 0 fully saturated rings. The van der Waals surface area contributed by atoms with Gasteiger partial charge in [0.05, 0.1) is 10.7 Å². The monoisotopic (exact) mass is 313 g/mol. The highest BCUT2D eigenvalue weighted by Gasteiger charge is 2.14. The zero-order valence-electron chi connectivity index (χ0n) is 9.42. The summed E-state index contributed by atoms with van der Waals surface area (Å²) in [6, 6.07) is 0. The van der Waals surface area contributed by atoms with Crippen molar-refractivity contribution in [2.45, 2.75) is 40.2 Å². The summed E-state index contributed by atoms with van der Waals surface area (Å²) in [4.78, 5) is 13.2. The highest BCUT2D eigenvalue weighted by Crippen LogP contribution is 2.06. The van der Waals surface area contributed by atoms with Crippen LogP contribution in [0, 0.1) is 5.92 Å². The molecular formula is C10H20INO2. The molecule has 0 aromatic carbocycles. The minimum absolute atomic E-state index is 0.0352. The van der Waals surface area contributed by atoms with E-state index in [4.69, 9.17) is 4.74 Å². The number of halogens is 1. The molecule has 4 heteroatoms. The molecule has 0 rings (SSSR count). The molecule has 0 heterocycles. The van der Waals surface area contributed by atoms with E-state index < -0.39 is 0 Å². The van der Waals surface area contributed by atoms with Crippen LogP contribution in [0.4, 0.5) is 4.79 Å². The maximum absolute atomic E-state index is 11.5. The molecule has 0 N–H and O–H groups in total. The minimum Gasteiger partial charge on any atom is -0.447 e. The second-order valence-electron chi connectivity index (χ2n) is 4.00. The molecule has 0 radical (unpaired) electrons. The predicted molar refractivity (Wildman–Crippen MR) is 66.7 cm³/mol. The minimum atomic E-state index is -0.199. The lowest BCUT2D eigenvalue weighted by atomic mass is 10.1. The van der Waals surface area contributed by atoms with Crippen molar-refractivity contribution in [3.8, 4) is 0 Å². The molecule has 14 heavy (non-hydrogen) atoms. The Labute approximate surface area is 100 Å². The molecule has 3 nitrogen and oxygen atoms in total. The van der Waals surface area contributed by atoms with E-state index in [0.29, 0.717) is 10.5 Å². The smallest absolute Gasteiger partial charge is 0.410 e. The third-order valence-electron chi connectivity index (χ3n) is 1.72. The van der Waals surface area contributed by atoms with Gasteiger partial charge >= 0.3 is 6.09 Å². The summed E-state index contributed by atoms with van der Waals surface area (Å²) < 4.78 is 5.81. The molecule has 0 aliphatic heterocycles. The Morgan fingerprint density at radius 2 is 1.93 bits per heavy atom.